The largest absolute Gasteiger partial charge is 0.360 e. The number of nitrogens with zero attached hydrogens (tertiary/aromatic N) is 4. The van der Waals surface area contributed by atoms with Gasteiger partial charge >= 0.3 is 0 Å². The highest BCUT2D eigenvalue weighted by Gasteiger charge is 2.36. The molecule has 9 nitrogen and oxygen atoms in total. The van der Waals surface area contributed by atoms with Crippen LogP contribution < -0.4 is 5.32 Å². The third-order valence-electron chi connectivity index (χ3n) is 4.91. The molecular weight excluding hydrogens is 402 g/mol. The first-order valence-corrected chi connectivity index (χ1v) is 11.3. The number of nitrogens with one attached hydrogen (secondary N) is 1. The van der Waals surface area contributed by atoms with Gasteiger partial charge in [0, 0.05) is 30.9 Å². The van der Waals surface area contributed by atoms with Gasteiger partial charge in [0.05, 0.1) is 18.2 Å². The van der Waals surface area contributed by atoms with Gasteiger partial charge in [-0.1, -0.05) is 5.16 Å². The topological polar surface area (TPSA) is 110 Å². The molecule has 0 bridgehead atoms. The Morgan fingerprint density at radius 3 is 2.96 bits per heavy atom. The van der Waals surface area contributed by atoms with Crippen molar-refractivity contribution < 1.29 is 17.7 Å². The van der Waals surface area contributed by atoms with Crippen molar-refractivity contribution in [2.75, 3.05) is 13.1 Å². The van der Waals surface area contributed by atoms with Crippen LogP contribution in [0, 0.1) is 19.8 Å². The molecule has 3 aromatic rings. The average Bonchev–Trinajstić information content (AvgIpc) is 3.35. The molecule has 3 aromatic heterocycles. The first-order chi connectivity index (χ1) is 13.4. The minimum atomic E-state index is -3.74. The molecule has 0 spiro atoms. The number of aromatic nitrogens is 3. The van der Waals surface area contributed by atoms with Crippen molar-refractivity contribution in [3.05, 3.63) is 34.9 Å². The number of carbonyl (C=O) groups excluding carboxylic acids is 1. The van der Waals surface area contributed by atoms with E-state index < -0.39 is 15.9 Å². The predicted molar refractivity (Wildman–Crippen MR) is 102 cm³/mol. The zero-order valence-corrected chi connectivity index (χ0v) is 17.2. The number of carbonyl (C=O) groups is 1. The highest BCUT2D eigenvalue weighted by atomic mass is 32.2. The quantitative estimate of drug-likeness (QED) is 0.669. The maximum absolute atomic E-state index is 13.0. The van der Waals surface area contributed by atoms with E-state index in [2.05, 4.69) is 15.5 Å². The molecule has 0 radical (unpaired) electrons. The summed E-state index contributed by atoms with van der Waals surface area (Å²) >= 11 is 1.53. The lowest BCUT2D eigenvalue weighted by atomic mass is 9.99. The summed E-state index contributed by atoms with van der Waals surface area (Å²) in [6.45, 7) is 4.04. The standard InChI is InChI=1S/C17H21N5O4S2/c1-11-15(12(2)26-20-11)28(24,25)22-5-3-4-13(9-22)16(23)18-8-14-10-21-6-7-27-17(21)19-14/h6-7,10,13H,3-5,8-9H2,1-2H3,(H,18,23). The van der Waals surface area contributed by atoms with E-state index in [0.29, 0.717) is 31.6 Å². The van der Waals surface area contributed by atoms with Gasteiger partial charge in [-0.3, -0.25) is 9.20 Å². The Kier molecular flexibility index (Phi) is 4.98. The average molecular weight is 424 g/mol. The summed E-state index contributed by atoms with van der Waals surface area (Å²) < 4.78 is 34.3. The third kappa shape index (κ3) is 3.45. The molecule has 1 amide bonds. The molecular formula is C17H21N5O4S2. The fraction of sp³-hybridized carbons (Fsp3) is 0.471. The lowest BCUT2D eigenvalue weighted by Gasteiger charge is -2.31. The molecule has 1 aliphatic heterocycles. The zero-order chi connectivity index (χ0) is 19.9. The van der Waals surface area contributed by atoms with E-state index in [1.54, 1.807) is 13.8 Å². The number of hydrogen-bond donors (Lipinski definition) is 1. The molecule has 4 heterocycles. The van der Waals surface area contributed by atoms with E-state index in [1.165, 1.54) is 15.6 Å². The van der Waals surface area contributed by atoms with Gasteiger partial charge in [-0.05, 0) is 26.7 Å². The van der Waals surface area contributed by atoms with Crippen LogP contribution in [-0.2, 0) is 21.4 Å². The van der Waals surface area contributed by atoms with Gasteiger partial charge in [-0.25, -0.2) is 13.4 Å². The Morgan fingerprint density at radius 2 is 2.25 bits per heavy atom. The van der Waals surface area contributed by atoms with Crippen LogP contribution in [0.2, 0.25) is 0 Å². The number of thiazole rings is 1. The van der Waals surface area contributed by atoms with Crippen LogP contribution in [0.15, 0.2) is 27.2 Å². The van der Waals surface area contributed by atoms with Gasteiger partial charge < -0.3 is 9.84 Å². The normalized spacial score (nSPS) is 18.6. The van der Waals surface area contributed by atoms with E-state index >= 15 is 0 Å². The van der Waals surface area contributed by atoms with Gasteiger partial charge in [0.25, 0.3) is 0 Å². The summed E-state index contributed by atoms with van der Waals surface area (Å²) in [7, 11) is -3.74. The molecule has 1 fully saturated rings. The van der Waals surface area contributed by atoms with Crippen LogP contribution in [0.5, 0.6) is 0 Å². The Balaban J connectivity index is 1.42. The Morgan fingerprint density at radius 1 is 1.43 bits per heavy atom. The SMILES string of the molecule is Cc1noc(C)c1S(=O)(=O)N1CCCC(C(=O)NCc2cn3ccsc3n2)C1. The molecule has 1 atom stereocenters. The second-order valence-electron chi connectivity index (χ2n) is 6.90. The number of hydrogen-bond acceptors (Lipinski definition) is 7. The Hall–Kier alpha value is -2.24. The number of amides is 1. The van der Waals surface area contributed by atoms with Crippen LogP contribution in [-0.4, -0.2) is 46.3 Å². The summed E-state index contributed by atoms with van der Waals surface area (Å²) in [6, 6.07) is 0. The van der Waals surface area contributed by atoms with E-state index in [1.807, 2.05) is 22.2 Å². The van der Waals surface area contributed by atoms with E-state index in [4.69, 9.17) is 4.52 Å². The predicted octanol–water partition coefficient (Wildman–Crippen LogP) is 1.72. The first-order valence-electron chi connectivity index (χ1n) is 8.98. The minimum Gasteiger partial charge on any atom is -0.360 e. The van der Waals surface area contributed by atoms with Gasteiger partial charge in [-0.15, -0.1) is 11.3 Å². The summed E-state index contributed by atoms with van der Waals surface area (Å²) in [6.07, 6.45) is 5.07. The van der Waals surface area contributed by atoms with Gasteiger partial charge in [-0.2, -0.15) is 4.31 Å². The molecule has 4 rings (SSSR count). The van der Waals surface area contributed by atoms with Crippen molar-refractivity contribution in [1.29, 1.82) is 0 Å². The minimum absolute atomic E-state index is 0.103. The molecule has 0 aromatic carbocycles. The number of aryl methyl sites for hydroxylation is 2. The van der Waals surface area contributed by atoms with E-state index in [0.717, 1.165) is 10.7 Å². The van der Waals surface area contributed by atoms with Crippen LogP contribution >= 0.6 is 11.3 Å². The first kappa shape index (κ1) is 19.1. The maximum Gasteiger partial charge on any atom is 0.248 e. The molecule has 1 aliphatic rings. The summed E-state index contributed by atoms with van der Waals surface area (Å²) in [5.74, 6) is -0.286. The lowest BCUT2D eigenvalue weighted by molar-refractivity contribution is -0.126. The number of imidazole rings is 1. The van der Waals surface area contributed by atoms with Crippen LogP contribution in [0.1, 0.15) is 30.0 Å². The van der Waals surface area contributed by atoms with Crippen molar-refractivity contribution in [3.8, 4) is 0 Å². The highest BCUT2D eigenvalue weighted by Crippen LogP contribution is 2.27. The molecule has 0 aliphatic carbocycles. The summed E-state index contributed by atoms with van der Waals surface area (Å²) in [4.78, 5) is 18.0. The third-order valence-corrected chi connectivity index (χ3v) is 7.79. The van der Waals surface area contributed by atoms with Gasteiger partial charge in [0.2, 0.25) is 15.9 Å². The van der Waals surface area contributed by atoms with E-state index in [9.17, 15) is 13.2 Å². The molecule has 11 heteroatoms. The van der Waals surface area contributed by atoms with Crippen LogP contribution in [0.3, 0.4) is 0 Å². The maximum atomic E-state index is 13.0. The second-order valence-corrected chi connectivity index (χ2v) is 9.65. The van der Waals surface area contributed by atoms with Gasteiger partial charge in [0.15, 0.2) is 10.7 Å². The fourth-order valence-electron chi connectivity index (χ4n) is 3.53. The van der Waals surface area contributed by atoms with Crippen molar-refractivity contribution in [2.24, 2.45) is 5.92 Å². The van der Waals surface area contributed by atoms with Crippen LogP contribution in [0.4, 0.5) is 0 Å². The Labute approximate surface area is 166 Å². The smallest absolute Gasteiger partial charge is 0.248 e. The molecule has 28 heavy (non-hydrogen) atoms. The monoisotopic (exact) mass is 423 g/mol. The lowest BCUT2D eigenvalue weighted by Crippen LogP contribution is -2.45. The van der Waals surface area contributed by atoms with Crippen LogP contribution in [0.25, 0.3) is 4.96 Å². The molecule has 1 N–H and O–H groups in total. The number of piperidine rings is 1. The number of sulfonamides is 1. The van der Waals surface area contributed by atoms with Crippen molar-refractivity contribution in [2.45, 2.75) is 38.1 Å². The number of fused-ring (bicyclic) bond motifs is 1. The van der Waals surface area contributed by atoms with Crippen molar-refractivity contribution in [3.63, 3.8) is 0 Å². The summed E-state index contributed by atoms with van der Waals surface area (Å²) in [5.41, 5.74) is 1.11. The summed E-state index contributed by atoms with van der Waals surface area (Å²) in [5, 5.41) is 8.57. The molecule has 1 unspecified atom stereocenters. The Bertz CT molecular complexity index is 1070. The second kappa shape index (κ2) is 7.30. The number of rotatable bonds is 5. The van der Waals surface area contributed by atoms with E-state index in [-0.39, 0.29) is 23.1 Å². The highest BCUT2D eigenvalue weighted by molar-refractivity contribution is 7.89. The molecule has 1 saturated heterocycles. The van der Waals surface area contributed by atoms with Crippen molar-refractivity contribution in [1.82, 2.24) is 24.2 Å². The van der Waals surface area contributed by atoms with Gasteiger partial charge in [0.1, 0.15) is 10.6 Å². The zero-order valence-electron chi connectivity index (χ0n) is 15.6. The molecule has 150 valence electrons. The fourth-order valence-corrected chi connectivity index (χ4v) is 6.06. The molecule has 0 saturated carbocycles. The van der Waals surface area contributed by atoms with Crippen molar-refractivity contribution >= 4 is 32.2 Å².